The molecule has 1 amide bonds. The van der Waals surface area contributed by atoms with E-state index in [4.69, 9.17) is 4.74 Å². The number of carbonyl (C=O) groups is 2. The number of Topliss-reactive ketones (excluding diaryl/α,β-unsaturated/α-hetero) is 1. The first-order valence-electron chi connectivity index (χ1n) is 11.1. The van der Waals surface area contributed by atoms with Crippen LogP contribution in [-0.2, 0) is 16.8 Å². The minimum Gasteiger partial charge on any atom is -0.475 e. The van der Waals surface area contributed by atoms with E-state index in [1.54, 1.807) is 0 Å². The maximum absolute atomic E-state index is 13.4. The Morgan fingerprint density at radius 2 is 1.77 bits per heavy atom. The molecule has 2 aromatic carbocycles. The predicted octanol–water partition coefficient (Wildman–Crippen LogP) is 5.29. The molecule has 2 aromatic rings. The molecule has 1 atom stereocenters. The van der Waals surface area contributed by atoms with E-state index in [1.165, 1.54) is 19.3 Å². The van der Waals surface area contributed by atoms with Crippen molar-refractivity contribution < 1.29 is 14.3 Å². The van der Waals surface area contributed by atoms with Gasteiger partial charge in [0.1, 0.15) is 5.75 Å². The number of ketones is 1. The summed E-state index contributed by atoms with van der Waals surface area (Å²) < 4.78 is 6.20. The minimum atomic E-state index is -0.994. The highest BCUT2D eigenvalue weighted by Crippen LogP contribution is 2.38. The number of amides is 1. The molecule has 0 N–H and O–H groups in total. The summed E-state index contributed by atoms with van der Waals surface area (Å²) in [5.74, 6) is 0.758. The van der Waals surface area contributed by atoms with Crippen LogP contribution in [0, 0.1) is 0 Å². The molecule has 1 unspecified atom stereocenters. The number of benzene rings is 2. The first-order chi connectivity index (χ1) is 14.4. The molecule has 0 saturated heterocycles. The zero-order valence-electron chi connectivity index (χ0n) is 18.2. The first kappa shape index (κ1) is 20.6. The quantitative estimate of drug-likeness (QED) is 0.694. The van der Waals surface area contributed by atoms with Crippen LogP contribution in [0.3, 0.4) is 0 Å². The number of ether oxygens (including phenoxy) is 1. The molecule has 4 heteroatoms. The number of carbonyl (C=O) groups excluding carboxylic acids is 2. The van der Waals surface area contributed by atoms with Gasteiger partial charge in [0, 0.05) is 35.2 Å². The molecular formula is C26H31NO3. The molecule has 0 spiro atoms. The van der Waals surface area contributed by atoms with Crippen molar-refractivity contribution in [3.63, 3.8) is 0 Å². The standard InChI is InChI=1S/C26H31NO3/c1-18(2)27(22-12-8-5-9-13-22)25(29)19-14-15-23-20(16-19)17-24(28)26(3,30-23)21-10-6-4-7-11-21/h4,6-7,10-11,14-16,18,22H,5,8-9,12-13,17H2,1-3H3. The Kier molecular flexibility index (Phi) is 5.68. The van der Waals surface area contributed by atoms with Crippen molar-refractivity contribution in [2.45, 2.75) is 77.0 Å². The van der Waals surface area contributed by atoms with Gasteiger partial charge in [-0.15, -0.1) is 0 Å². The van der Waals surface area contributed by atoms with Crippen molar-refractivity contribution in [2.24, 2.45) is 0 Å². The molecule has 30 heavy (non-hydrogen) atoms. The third-order valence-corrected chi connectivity index (χ3v) is 6.59. The Morgan fingerprint density at radius 1 is 1.07 bits per heavy atom. The first-order valence-corrected chi connectivity index (χ1v) is 11.1. The second-order valence-electron chi connectivity index (χ2n) is 9.02. The highest BCUT2D eigenvalue weighted by Gasteiger charge is 2.41. The van der Waals surface area contributed by atoms with Gasteiger partial charge in [0.25, 0.3) is 5.91 Å². The Labute approximate surface area is 179 Å². The average molecular weight is 406 g/mol. The van der Waals surface area contributed by atoms with Crippen LogP contribution in [0.15, 0.2) is 48.5 Å². The molecule has 4 nitrogen and oxygen atoms in total. The fraction of sp³-hybridized carbons (Fsp3) is 0.462. The highest BCUT2D eigenvalue weighted by molar-refractivity contribution is 5.97. The van der Waals surface area contributed by atoms with Gasteiger partial charge in [-0.1, -0.05) is 49.6 Å². The summed E-state index contributed by atoms with van der Waals surface area (Å²) in [5.41, 5.74) is 1.30. The molecule has 1 saturated carbocycles. The smallest absolute Gasteiger partial charge is 0.254 e. The van der Waals surface area contributed by atoms with Crippen LogP contribution < -0.4 is 4.74 Å². The van der Waals surface area contributed by atoms with Crippen LogP contribution in [0.25, 0.3) is 0 Å². The molecule has 1 fully saturated rings. The summed E-state index contributed by atoms with van der Waals surface area (Å²) in [5, 5.41) is 0. The van der Waals surface area contributed by atoms with Crippen molar-refractivity contribution >= 4 is 11.7 Å². The normalized spacial score (nSPS) is 21.8. The van der Waals surface area contributed by atoms with Crippen molar-refractivity contribution in [3.05, 3.63) is 65.2 Å². The lowest BCUT2D eigenvalue weighted by atomic mass is 9.85. The molecule has 158 valence electrons. The van der Waals surface area contributed by atoms with E-state index in [1.807, 2.05) is 60.4 Å². The maximum atomic E-state index is 13.4. The molecular weight excluding hydrogens is 374 g/mol. The zero-order valence-corrected chi connectivity index (χ0v) is 18.2. The van der Waals surface area contributed by atoms with Crippen LogP contribution in [-0.4, -0.2) is 28.7 Å². The van der Waals surface area contributed by atoms with Gasteiger partial charge in [-0.2, -0.15) is 0 Å². The number of hydrogen-bond donors (Lipinski definition) is 0. The Balaban J connectivity index is 1.61. The predicted molar refractivity (Wildman–Crippen MR) is 118 cm³/mol. The maximum Gasteiger partial charge on any atom is 0.254 e. The summed E-state index contributed by atoms with van der Waals surface area (Å²) in [7, 11) is 0. The van der Waals surface area contributed by atoms with E-state index in [-0.39, 0.29) is 24.2 Å². The van der Waals surface area contributed by atoms with Crippen LogP contribution in [0.4, 0.5) is 0 Å². The fourth-order valence-corrected chi connectivity index (χ4v) is 4.88. The molecule has 1 aliphatic carbocycles. The third-order valence-electron chi connectivity index (χ3n) is 6.59. The van der Waals surface area contributed by atoms with E-state index in [0.717, 1.165) is 24.0 Å². The van der Waals surface area contributed by atoms with Crippen molar-refractivity contribution in [3.8, 4) is 5.75 Å². The lowest BCUT2D eigenvalue weighted by molar-refractivity contribution is -0.135. The van der Waals surface area contributed by atoms with Gasteiger partial charge in [0.2, 0.25) is 0 Å². The largest absolute Gasteiger partial charge is 0.475 e. The molecule has 2 aliphatic rings. The molecule has 0 bridgehead atoms. The summed E-state index contributed by atoms with van der Waals surface area (Å²) in [6, 6.07) is 15.6. The molecule has 1 aliphatic heterocycles. The van der Waals surface area contributed by atoms with E-state index >= 15 is 0 Å². The SMILES string of the molecule is CC(C)N(C(=O)c1ccc2c(c1)CC(=O)C(C)(c1ccccc1)O2)C1CCCCC1. The van der Waals surface area contributed by atoms with Crippen molar-refractivity contribution in [1.82, 2.24) is 4.90 Å². The van der Waals surface area contributed by atoms with Gasteiger partial charge in [-0.05, 0) is 51.8 Å². The summed E-state index contributed by atoms with van der Waals surface area (Å²) in [6.07, 6.45) is 6.05. The topological polar surface area (TPSA) is 46.6 Å². The fourth-order valence-electron chi connectivity index (χ4n) is 4.88. The Morgan fingerprint density at radius 3 is 2.43 bits per heavy atom. The van der Waals surface area contributed by atoms with E-state index in [9.17, 15) is 9.59 Å². The number of rotatable bonds is 4. The molecule has 1 heterocycles. The number of hydrogen-bond acceptors (Lipinski definition) is 3. The van der Waals surface area contributed by atoms with Gasteiger partial charge in [-0.3, -0.25) is 9.59 Å². The molecule has 0 radical (unpaired) electrons. The van der Waals surface area contributed by atoms with Gasteiger partial charge in [0.05, 0.1) is 0 Å². The van der Waals surface area contributed by atoms with Crippen molar-refractivity contribution in [2.75, 3.05) is 0 Å². The van der Waals surface area contributed by atoms with Crippen LogP contribution in [0.5, 0.6) is 5.75 Å². The van der Waals surface area contributed by atoms with E-state index < -0.39 is 5.60 Å². The second kappa shape index (κ2) is 8.25. The van der Waals surface area contributed by atoms with Gasteiger partial charge < -0.3 is 9.64 Å². The molecule has 0 aromatic heterocycles. The van der Waals surface area contributed by atoms with Crippen LogP contribution in [0.2, 0.25) is 0 Å². The monoisotopic (exact) mass is 405 g/mol. The number of fused-ring (bicyclic) bond motifs is 1. The van der Waals surface area contributed by atoms with E-state index in [2.05, 4.69) is 13.8 Å². The Hall–Kier alpha value is -2.62. The summed E-state index contributed by atoms with van der Waals surface area (Å²) >= 11 is 0. The van der Waals surface area contributed by atoms with Gasteiger partial charge in [-0.25, -0.2) is 0 Å². The van der Waals surface area contributed by atoms with E-state index in [0.29, 0.717) is 17.4 Å². The van der Waals surface area contributed by atoms with Gasteiger partial charge >= 0.3 is 0 Å². The van der Waals surface area contributed by atoms with Gasteiger partial charge in [0.15, 0.2) is 11.4 Å². The Bertz CT molecular complexity index is 931. The lowest BCUT2D eigenvalue weighted by Gasteiger charge is -2.38. The average Bonchev–Trinajstić information content (AvgIpc) is 2.75. The zero-order chi connectivity index (χ0) is 21.3. The minimum absolute atomic E-state index is 0.0128. The second-order valence-corrected chi connectivity index (χ2v) is 9.02. The van der Waals surface area contributed by atoms with Crippen LogP contribution >= 0.6 is 0 Å². The highest BCUT2D eigenvalue weighted by atomic mass is 16.5. The summed E-state index contributed by atoms with van der Waals surface area (Å²) in [4.78, 5) is 28.5. The number of nitrogens with zero attached hydrogens (tertiary/aromatic N) is 1. The van der Waals surface area contributed by atoms with Crippen molar-refractivity contribution in [1.29, 1.82) is 0 Å². The summed E-state index contributed by atoms with van der Waals surface area (Å²) in [6.45, 7) is 6.00. The third kappa shape index (κ3) is 3.76. The van der Waals surface area contributed by atoms with Crippen LogP contribution in [0.1, 0.15) is 74.4 Å². The molecule has 4 rings (SSSR count). The lowest BCUT2D eigenvalue weighted by Crippen LogP contribution is -2.46.